The van der Waals surface area contributed by atoms with Gasteiger partial charge in [-0.3, -0.25) is 0 Å². The number of benzene rings is 3. The van der Waals surface area contributed by atoms with Gasteiger partial charge in [0.2, 0.25) is 10.0 Å². The Kier molecular flexibility index (Phi) is 9.40. The van der Waals surface area contributed by atoms with Crippen LogP contribution in [-0.2, 0) is 14.8 Å². The third-order valence-electron chi connectivity index (χ3n) is 5.81. The molecule has 0 spiro atoms. The molecule has 0 amide bonds. The molecule has 3 aromatic rings. The van der Waals surface area contributed by atoms with Crippen LogP contribution in [0.5, 0.6) is 0 Å². The van der Waals surface area contributed by atoms with E-state index in [0.717, 1.165) is 47.9 Å². The highest BCUT2D eigenvalue weighted by Gasteiger charge is 2.24. The Balaban J connectivity index is 1.95. The summed E-state index contributed by atoms with van der Waals surface area (Å²) in [7, 11) is -2.47. The summed E-state index contributed by atoms with van der Waals surface area (Å²) in [4.78, 5) is 12.1. The topological polar surface area (TPSA) is 72.5 Å². The molecule has 0 aromatic heterocycles. The van der Waals surface area contributed by atoms with E-state index in [9.17, 15) is 13.2 Å². The first-order valence-corrected chi connectivity index (χ1v) is 13.4. The summed E-state index contributed by atoms with van der Waals surface area (Å²) >= 11 is 0. The van der Waals surface area contributed by atoms with Gasteiger partial charge < -0.3 is 4.74 Å². The molecular weight excluding hydrogens is 458 g/mol. The minimum Gasteiger partial charge on any atom is -0.465 e. The zero-order valence-corrected chi connectivity index (χ0v) is 21.3. The van der Waals surface area contributed by atoms with E-state index in [2.05, 4.69) is 24.6 Å². The average molecular weight is 492 g/mol. The lowest BCUT2D eigenvalue weighted by atomic mass is 9.94. The summed E-state index contributed by atoms with van der Waals surface area (Å²) < 4.78 is 34.6. The molecule has 5 nitrogen and oxygen atoms in total. The van der Waals surface area contributed by atoms with Crippen molar-refractivity contribution in [1.82, 2.24) is 4.72 Å². The van der Waals surface area contributed by atoms with Gasteiger partial charge in [-0.05, 0) is 53.8 Å². The molecule has 0 aliphatic heterocycles. The summed E-state index contributed by atoms with van der Waals surface area (Å²) in [6.45, 7) is 4.17. The highest BCUT2D eigenvalue weighted by atomic mass is 32.2. The van der Waals surface area contributed by atoms with Crippen molar-refractivity contribution in [2.45, 2.75) is 50.5 Å². The van der Waals surface area contributed by atoms with Gasteiger partial charge in [-0.15, -0.1) is 0 Å². The number of rotatable bonds is 11. The fourth-order valence-electron chi connectivity index (χ4n) is 3.95. The number of ether oxygens (including phenoxy) is 1. The van der Waals surface area contributed by atoms with Gasteiger partial charge in [-0.25, -0.2) is 13.2 Å². The third kappa shape index (κ3) is 6.90. The molecule has 0 heterocycles. The predicted molar refractivity (Wildman–Crippen MR) is 141 cm³/mol. The standard InChI is InChI=1S/C29H33NO4S/c1-4-6-11-24(10-5-2)28(25-14-16-26(17-15-25)29(31)34-3)30-35(32,33)27-20-18-23(19-21-27)22-12-8-7-9-13-22/h7-9,11-21,28,30H,4-6,10H2,1-3H3/t28-/m1/s1. The van der Waals surface area contributed by atoms with E-state index in [1.165, 1.54) is 7.11 Å². The van der Waals surface area contributed by atoms with Gasteiger partial charge in [0.15, 0.2) is 0 Å². The zero-order valence-electron chi connectivity index (χ0n) is 20.5. The monoisotopic (exact) mass is 491 g/mol. The van der Waals surface area contributed by atoms with Gasteiger partial charge in [0.05, 0.1) is 23.6 Å². The van der Waals surface area contributed by atoms with Crippen LogP contribution in [0, 0.1) is 0 Å². The maximum Gasteiger partial charge on any atom is 0.337 e. The Bertz CT molecular complexity index is 1230. The van der Waals surface area contributed by atoms with Crippen molar-refractivity contribution in [3.8, 4) is 11.1 Å². The summed E-state index contributed by atoms with van der Waals surface area (Å²) in [5.74, 6) is -0.428. The number of hydrogen-bond acceptors (Lipinski definition) is 4. The summed E-state index contributed by atoms with van der Waals surface area (Å²) in [6.07, 6.45) is 5.61. The molecule has 35 heavy (non-hydrogen) atoms. The van der Waals surface area contributed by atoms with Crippen LogP contribution < -0.4 is 4.72 Å². The Hall–Kier alpha value is -3.22. The third-order valence-corrected chi connectivity index (χ3v) is 7.25. The number of carbonyl (C=O) groups is 1. The zero-order chi connectivity index (χ0) is 25.3. The highest BCUT2D eigenvalue weighted by molar-refractivity contribution is 7.89. The molecule has 184 valence electrons. The number of unbranched alkanes of at least 4 members (excludes halogenated alkanes) is 1. The second-order valence-corrected chi connectivity index (χ2v) is 10.1. The second kappa shape index (κ2) is 12.5. The van der Waals surface area contributed by atoms with Gasteiger partial charge in [-0.2, -0.15) is 4.72 Å². The molecular formula is C29H33NO4S. The number of carbonyl (C=O) groups excluding carboxylic acids is 1. The van der Waals surface area contributed by atoms with Gasteiger partial charge in [0.1, 0.15) is 0 Å². The van der Waals surface area contributed by atoms with Crippen LogP contribution in [0.1, 0.15) is 61.5 Å². The minimum atomic E-state index is -3.81. The normalized spacial score (nSPS) is 12.8. The van der Waals surface area contributed by atoms with E-state index in [1.54, 1.807) is 36.4 Å². The molecule has 1 N–H and O–H groups in total. The highest BCUT2D eigenvalue weighted by Crippen LogP contribution is 2.29. The molecule has 0 aliphatic carbocycles. The van der Waals surface area contributed by atoms with Crippen LogP contribution in [-0.4, -0.2) is 21.5 Å². The van der Waals surface area contributed by atoms with Crippen molar-refractivity contribution in [1.29, 1.82) is 0 Å². The molecule has 3 aromatic carbocycles. The van der Waals surface area contributed by atoms with E-state index in [4.69, 9.17) is 4.74 Å². The quantitative estimate of drug-likeness (QED) is 0.240. The first kappa shape index (κ1) is 26.4. The molecule has 0 saturated heterocycles. The van der Waals surface area contributed by atoms with Crippen molar-refractivity contribution in [3.05, 3.63) is 102 Å². The molecule has 0 fully saturated rings. The van der Waals surface area contributed by atoms with Crippen molar-refractivity contribution in [3.63, 3.8) is 0 Å². The maximum atomic E-state index is 13.5. The van der Waals surface area contributed by atoms with Crippen molar-refractivity contribution in [2.24, 2.45) is 0 Å². The number of sulfonamides is 1. The first-order valence-electron chi connectivity index (χ1n) is 11.9. The average Bonchev–Trinajstić information content (AvgIpc) is 2.90. The number of hydrogen-bond donors (Lipinski definition) is 1. The van der Waals surface area contributed by atoms with Crippen molar-refractivity contribution < 1.29 is 17.9 Å². The molecule has 0 bridgehead atoms. The summed E-state index contributed by atoms with van der Waals surface area (Å²) in [5.41, 5.74) is 4.20. The van der Waals surface area contributed by atoms with E-state index < -0.39 is 22.0 Å². The summed E-state index contributed by atoms with van der Waals surface area (Å²) in [6, 6.07) is 23.1. The van der Waals surface area contributed by atoms with Crippen LogP contribution >= 0.6 is 0 Å². The Morgan fingerprint density at radius 3 is 2.09 bits per heavy atom. The molecule has 0 saturated carbocycles. The maximum absolute atomic E-state index is 13.5. The second-order valence-electron chi connectivity index (χ2n) is 8.38. The van der Waals surface area contributed by atoms with Crippen molar-refractivity contribution >= 4 is 16.0 Å². The fourth-order valence-corrected chi connectivity index (χ4v) is 5.18. The Labute approximate surface area is 208 Å². The van der Waals surface area contributed by atoms with Gasteiger partial charge >= 0.3 is 5.97 Å². The number of esters is 1. The fraction of sp³-hybridized carbons (Fsp3) is 0.276. The minimum absolute atomic E-state index is 0.208. The number of allylic oxidation sites excluding steroid dienone is 1. The van der Waals surface area contributed by atoms with Crippen LogP contribution in [0.2, 0.25) is 0 Å². The molecule has 0 radical (unpaired) electrons. The predicted octanol–water partition coefficient (Wildman–Crippen LogP) is 6.69. The van der Waals surface area contributed by atoms with E-state index in [1.807, 2.05) is 42.5 Å². The lowest BCUT2D eigenvalue weighted by molar-refractivity contribution is 0.0600. The van der Waals surface area contributed by atoms with Crippen LogP contribution in [0.15, 0.2) is 95.4 Å². The van der Waals surface area contributed by atoms with Crippen LogP contribution in [0.3, 0.4) is 0 Å². The largest absolute Gasteiger partial charge is 0.465 e. The van der Waals surface area contributed by atoms with E-state index in [-0.39, 0.29) is 4.90 Å². The Morgan fingerprint density at radius 1 is 0.886 bits per heavy atom. The molecule has 0 aliphatic rings. The number of nitrogens with one attached hydrogen (secondary N) is 1. The lowest BCUT2D eigenvalue weighted by Crippen LogP contribution is -2.30. The van der Waals surface area contributed by atoms with Crippen molar-refractivity contribution in [2.75, 3.05) is 7.11 Å². The SMILES string of the molecule is CCCC=C(CCC)[C@@H](NS(=O)(=O)c1ccc(-c2ccccc2)cc1)c1ccc(C(=O)OC)cc1. The van der Waals surface area contributed by atoms with E-state index in [0.29, 0.717) is 5.56 Å². The Morgan fingerprint density at radius 2 is 1.51 bits per heavy atom. The molecule has 3 rings (SSSR count). The van der Waals surface area contributed by atoms with E-state index >= 15 is 0 Å². The van der Waals surface area contributed by atoms with Crippen LogP contribution in [0.25, 0.3) is 11.1 Å². The lowest BCUT2D eigenvalue weighted by Gasteiger charge is -2.23. The molecule has 1 atom stereocenters. The number of methoxy groups -OCH3 is 1. The molecule has 6 heteroatoms. The summed E-state index contributed by atoms with van der Waals surface area (Å²) in [5, 5.41) is 0. The van der Waals surface area contributed by atoms with Gasteiger partial charge in [-0.1, -0.05) is 92.9 Å². The smallest absolute Gasteiger partial charge is 0.337 e. The van der Waals surface area contributed by atoms with Crippen LogP contribution in [0.4, 0.5) is 0 Å². The molecule has 0 unspecified atom stereocenters. The van der Waals surface area contributed by atoms with Gasteiger partial charge in [0, 0.05) is 0 Å². The first-order chi connectivity index (χ1) is 16.9. The van der Waals surface area contributed by atoms with Gasteiger partial charge in [0.25, 0.3) is 0 Å².